The zero-order valence-electron chi connectivity index (χ0n) is 20.8. The first-order valence-corrected chi connectivity index (χ1v) is 13.8. The molecule has 2 saturated heterocycles. The number of pyridine rings is 1. The number of nitrogens with zero attached hydrogens (tertiary/aromatic N) is 4. The van der Waals surface area contributed by atoms with Gasteiger partial charge in [-0.1, -0.05) is 6.07 Å². The molecule has 2 aromatic heterocycles. The van der Waals surface area contributed by atoms with Crippen LogP contribution in [0.5, 0.6) is 5.75 Å². The van der Waals surface area contributed by atoms with Gasteiger partial charge >= 0.3 is 10.2 Å². The Labute approximate surface area is 219 Å². The monoisotopic (exact) mass is 549 g/mol. The number of likely N-dealkylation sites (tertiary alicyclic amines) is 1. The Hall–Kier alpha value is -3.13. The van der Waals surface area contributed by atoms with Gasteiger partial charge in [0.05, 0.1) is 37.2 Å². The average Bonchev–Trinajstić information content (AvgIpc) is 3.53. The highest BCUT2D eigenvalue weighted by Gasteiger charge is 2.34. The van der Waals surface area contributed by atoms with Gasteiger partial charge in [0.15, 0.2) is 11.6 Å². The summed E-state index contributed by atoms with van der Waals surface area (Å²) in [6.07, 6.45) is 5.15. The van der Waals surface area contributed by atoms with Crippen LogP contribution in [-0.4, -0.2) is 72.7 Å². The highest BCUT2D eigenvalue weighted by atomic mass is 32.2. The van der Waals surface area contributed by atoms with E-state index in [1.54, 1.807) is 24.4 Å². The third kappa shape index (κ3) is 5.51. The van der Waals surface area contributed by atoms with E-state index < -0.39 is 33.8 Å². The van der Waals surface area contributed by atoms with Crippen molar-refractivity contribution in [1.29, 1.82) is 0 Å². The second kappa shape index (κ2) is 10.9. The minimum absolute atomic E-state index is 0.0119. The van der Waals surface area contributed by atoms with Gasteiger partial charge < -0.3 is 9.47 Å². The van der Waals surface area contributed by atoms with Crippen LogP contribution in [0.2, 0.25) is 0 Å². The fraction of sp³-hybridized carbons (Fsp3) is 0.440. The second-order valence-electron chi connectivity index (χ2n) is 9.47. The van der Waals surface area contributed by atoms with Crippen molar-refractivity contribution in [1.82, 2.24) is 23.5 Å². The first-order chi connectivity index (χ1) is 18.2. The molecule has 1 atom stereocenters. The van der Waals surface area contributed by atoms with Crippen molar-refractivity contribution >= 4 is 21.6 Å². The van der Waals surface area contributed by atoms with Gasteiger partial charge in [-0.25, -0.2) is 18.0 Å². The van der Waals surface area contributed by atoms with Gasteiger partial charge in [-0.2, -0.15) is 17.8 Å². The summed E-state index contributed by atoms with van der Waals surface area (Å²) in [6, 6.07) is 6.69. The van der Waals surface area contributed by atoms with Crippen LogP contribution < -0.4 is 9.46 Å². The Kier molecular flexibility index (Phi) is 7.61. The third-order valence-corrected chi connectivity index (χ3v) is 8.28. The number of rotatable bonds is 8. The van der Waals surface area contributed by atoms with E-state index in [9.17, 15) is 22.0 Å². The van der Waals surface area contributed by atoms with Crippen LogP contribution in [0.3, 0.4) is 0 Å². The van der Waals surface area contributed by atoms with Crippen molar-refractivity contribution in [2.24, 2.45) is 0 Å². The molecule has 0 aliphatic carbocycles. The molecule has 2 aliphatic heterocycles. The van der Waals surface area contributed by atoms with Crippen LogP contribution in [0.25, 0.3) is 5.52 Å². The van der Waals surface area contributed by atoms with Crippen LogP contribution in [0.15, 0.2) is 42.7 Å². The molecule has 13 heteroatoms. The molecule has 0 radical (unpaired) electrons. The maximum absolute atomic E-state index is 14.9. The van der Waals surface area contributed by atoms with Crippen LogP contribution in [0.1, 0.15) is 47.6 Å². The van der Waals surface area contributed by atoms with Crippen molar-refractivity contribution < 1.29 is 31.5 Å². The van der Waals surface area contributed by atoms with Crippen LogP contribution >= 0.6 is 0 Å². The largest absolute Gasteiger partial charge is 0.487 e. The van der Waals surface area contributed by atoms with Gasteiger partial charge in [0.2, 0.25) is 0 Å². The molecule has 38 heavy (non-hydrogen) atoms. The zero-order valence-corrected chi connectivity index (χ0v) is 21.7. The lowest BCUT2D eigenvalue weighted by Gasteiger charge is -2.31. The maximum atomic E-state index is 14.9. The van der Waals surface area contributed by atoms with Crippen molar-refractivity contribution in [2.75, 3.05) is 33.5 Å². The predicted octanol–water partition coefficient (Wildman–Crippen LogP) is 2.87. The first kappa shape index (κ1) is 26.5. The van der Waals surface area contributed by atoms with Gasteiger partial charge in [-0.05, 0) is 31.0 Å². The second-order valence-corrected chi connectivity index (χ2v) is 11.2. The molecule has 2 fully saturated rings. The number of carbonyl (C=O) groups is 1. The standard InChI is InChI=1S/C25H29F2N5O5S/c1-30(38(34,35)29-25(33)20-15-28-32-10-3-2-5-23(20)32)16-31-9-4-6-22(31)19-13-17(26)14-21(27)24(19)37-18-7-11-36-12-8-18/h2-3,5,10,13-15,18,22H,4,6-9,11-12,16H2,1H3,(H,29,33)/t22-/m1/s1. The van der Waals surface area contributed by atoms with Crippen molar-refractivity contribution in [3.8, 4) is 5.75 Å². The summed E-state index contributed by atoms with van der Waals surface area (Å²) in [4.78, 5) is 14.6. The molecule has 10 nitrogen and oxygen atoms in total. The highest BCUT2D eigenvalue weighted by Crippen LogP contribution is 2.40. The molecule has 0 unspecified atom stereocenters. The molecule has 3 aromatic rings. The number of hydrogen-bond acceptors (Lipinski definition) is 7. The molecule has 0 saturated carbocycles. The summed E-state index contributed by atoms with van der Waals surface area (Å²) in [7, 11) is -2.89. The number of benzene rings is 1. The number of carbonyl (C=O) groups excluding carboxylic acids is 1. The summed E-state index contributed by atoms with van der Waals surface area (Å²) in [5.74, 6) is -2.34. The molecule has 5 rings (SSSR count). The average molecular weight is 550 g/mol. The Morgan fingerprint density at radius 1 is 1.24 bits per heavy atom. The first-order valence-electron chi connectivity index (χ1n) is 12.4. The van der Waals surface area contributed by atoms with Gasteiger partial charge in [-0.15, -0.1) is 0 Å². The Morgan fingerprint density at radius 2 is 2.03 bits per heavy atom. The van der Waals surface area contributed by atoms with Crippen LogP contribution in [0.4, 0.5) is 8.78 Å². The molecule has 0 bridgehead atoms. The SMILES string of the molecule is CN(CN1CCC[C@@H]1c1cc(F)cc(F)c1OC1CCOCC1)S(=O)(=O)NC(=O)c1cnn2ccccc12. The topological polar surface area (TPSA) is 105 Å². The lowest BCUT2D eigenvalue weighted by molar-refractivity contribution is 0.0229. The maximum Gasteiger partial charge on any atom is 0.304 e. The van der Waals surface area contributed by atoms with Gasteiger partial charge in [-0.3, -0.25) is 9.69 Å². The summed E-state index contributed by atoms with van der Waals surface area (Å²) in [5.41, 5.74) is 0.923. The minimum atomic E-state index is -4.23. The minimum Gasteiger partial charge on any atom is -0.487 e. The Balaban J connectivity index is 1.32. The normalized spacial score (nSPS) is 19.3. The van der Waals surface area contributed by atoms with E-state index in [1.165, 1.54) is 23.8 Å². The van der Waals surface area contributed by atoms with E-state index in [4.69, 9.17) is 9.47 Å². The lowest BCUT2D eigenvalue weighted by Crippen LogP contribution is -2.46. The van der Waals surface area contributed by atoms with Crippen molar-refractivity contribution in [3.63, 3.8) is 0 Å². The van der Waals surface area contributed by atoms with E-state index in [1.807, 2.05) is 4.90 Å². The molecule has 2 aliphatic rings. The number of hydrogen-bond donors (Lipinski definition) is 1. The lowest BCUT2D eigenvalue weighted by atomic mass is 10.0. The summed E-state index contributed by atoms with van der Waals surface area (Å²) in [5, 5.41) is 4.06. The highest BCUT2D eigenvalue weighted by molar-refractivity contribution is 7.87. The van der Waals surface area contributed by atoms with E-state index in [0.717, 1.165) is 10.4 Å². The number of fused-ring (bicyclic) bond motifs is 1. The van der Waals surface area contributed by atoms with E-state index >= 15 is 0 Å². The van der Waals surface area contributed by atoms with Crippen LogP contribution in [0, 0.1) is 11.6 Å². The van der Waals surface area contributed by atoms with E-state index in [0.29, 0.717) is 56.5 Å². The fourth-order valence-electron chi connectivity index (χ4n) is 4.95. The number of nitrogens with one attached hydrogen (secondary N) is 1. The number of ether oxygens (including phenoxy) is 2. The Morgan fingerprint density at radius 3 is 2.82 bits per heavy atom. The molecule has 1 N–H and O–H groups in total. The van der Waals surface area contributed by atoms with Gasteiger partial charge in [0.25, 0.3) is 5.91 Å². The van der Waals surface area contributed by atoms with E-state index in [2.05, 4.69) is 9.82 Å². The summed E-state index contributed by atoms with van der Waals surface area (Å²) >= 11 is 0. The quantitative estimate of drug-likeness (QED) is 0.461. The van der Waals surface area contributed by atoms with Gasteiger partial charge in [0, 0.05) is 50.3 Å². The van der Waals surface area contributed by atoms with Crippen LogP contribution in [-0.2, 0) is 14.9 Å². The summed E-state index contributed by atoms with van der Waals surface area (Å²) < 4.78 is 71.2. The van der Waals surface area contributed by atoms with Gasteiger partial charge in [0.1, 0.15) is 11.9 Å². The molecule has 1 amide bonds. The van der Waals surface area contributed by atoms with Crippen molar-refractivity contribution in [3.05, 3.63) is 65.5 Å². The number of amides is 1. The molecule has 1 aromatic carbocycles. The van der Waals surface area contributed by atoms with E-state index in [-0.39, 0.29) is 24.1 Å². The molecular weight excluding hydrogens is 520 g/mol. The van der Waals surface area contributed by atoms with Crippen molar-refractivity contribution in [2.45, 2.75) is 37.8 Å². The molecule has 204 valence electrons. The predicted molar refractivity (Wildman–Crippen MR) is 134 cm³/mol. The molecule has 0 spiro atoms. The molecular formula is C25H29F2N5O5S. The fourth-order valence-corrected chi connectivity index (χ4v) is 5.75. The zero-order chi connectivity index (χ0) is 26.9. The Bertz CT molecular complexity index is 1430. The number of aromatic nitrogens is 2. The third-order valence-electron chi connectivity index (χ3n) is 6.90. The smallest absolute Gasteiger partial charge is 0.304 e. The summed E-state index contributed by atoms with van der Waals surface area (Å²) in [6.45, 7) is 1.41. The molecule has 4 heterocycles. The number of halogens is 2.